The Balaban J connectivity index is 1.94. The maximum absolute atomic E-state index is 5.82. The van der Waals surface area contributed by atoms with Crippen molar-refractivity contribution in [3.63, 3.8) is 0 Å². The molecule has 1 aliphatic rings. The standard InChI is InChI=1S/C16H21N3S/c1-10-16(20-11(2)18-10)15(19-17)14-8-4-7-13(9-14)12-5-3-6-12/h4,7-9,12,15,19H,3,5-6,17H2,1-2H3. The molecule has 1 aromatic heterocycles. The van der Waals surface area contributed by atoms with Crippen LogP contribution in [0.2, 0.25) is 0 Å². The minimum Gasteiger partial charge on any atom is -0.271 e. The molecule has 3 nitrogen and oxygen atoms in total. The number of benzene rings is 1. The zero-order chi connectivity index (χ0) is 14.1. The third-order valence-corrected chi connectivity index (χ3v) is 5.33. The van der Waals surface area contributed by atoms with Crippen molar-refractivity contribution in [2.75, 3.05) is 0 Å². The molecule has 1 atom stereocenters. The lowest BCUT2D eigenvalue weighted by atomic mass is 9.79. The van der Waals surface area contributed by atoms with Crippen LogP contribution in [0.5, 0.6) is 0 Å². The van der Waals surface area contributed by atoms with E-state index >= 15 is 0 Å². The number of rotatable bonds is 4. The van der Waals surface area contributed by atoms with Gasteiger partial charge in [-0.15, -0.1) is 11.3 Å². The molecule has 1 saturated carbocycles. The number of aryl methyl sites for hydroxylation is 2. The highest BCUT2D eigenvalue weighted by molar-refractivity contribution is 7.11. The minimum atomic E-state index is 0.0428. The molecular formula is C16H21N3S. The summed E-state index contributed by atoms with van der Waals surface area (Å²) in [7, 11) is 0. The van der Waals surface area contributed by atoms with Crippen molar-refractivity contribution < 1.29 is 0 Å². The third kappa shape index (κ3) is 2.51. The molecule has 1 heterocycles. The van der Waals surface area contributed by atoms with Crippen LogP contribution in [0.4, 0.5) is 0 Å². The summed E-state index contributed by atoms with van der Waals surface area (Å²) in [6.45, 7) is 4.10. The van der Waals surface area contributed by atoms with E-state index in [1.165, 1.54) is 35.3 Å². The van der Waals surface area contributed by atoms with Crippen LogP contribution in [0.3, 0.4) is 0 Å². The molecule has 1 aromatic carbocycles. The number of hydrogen-bond acceptors (Lipinski definition) is 4. The van der Waals surface area contributed by atoms with E-state index in [-0.39, 0.29) is 6.04 Å². The van der Waals surface area contributed by atoms with E-state index < -0.39 is 0 Å². The van der Waals surface area contributed by atoms with Crippen molar-refractivity contribution >= 4 is 11.3 Å². The largest absolute Gasteiger partial charge is 0.271 e. The second-order valence-electron chi connectivity index (χ2n) is 5.58. The van der Waals surface area contributed by atoms with E-state index in [1.54, 1.807) is 11.3 Å². The molecule has 1 aliphatic carbocycles. The van der Waals surface area contributed by atoms with E-state index in [9.17, 15) is 0 Å². The summed E-state index contributed by atoms with van der Waals surface area (Å²) in [4.78, 5) is 5.73. The maximum atomic E-state index is 5.82. The van der Waals surface area contributed by atoms with Gasteiger partial charge in [-0.25, -0.2) is 10.4 Å². The molecule has 2 aromatic rings. The van der Waals surface area contributed by atoms with Crippen LogP contribution in [0.15, 0.2) is 24.3 Å². The van der Waals surface area contributed by atoms with E-state index in [4.69, 9.17) is 5.84 Å². The number of hydrogen-bond donors (Lipinski definition) is 2. The zero-order valence-electron chi connectivity index (χ0n) is 12.0. The summed E-state index contributed by atoms with van der Waals surface area (Å²) >= 11 is 1.72. The Labute approximate surface area is 124 Å². The highest BCUT2D eigenvalue weighted by Gasteiger charge is 2.22. The maximum Gasteiger partial charge on any atom is 0.0900 e. The van der Waals surface area contributed by atoms with Crippen molar-refractivity contribution in [1.29, 1.82) is 0 Å². The monoisotopic (exact) mass is 287 g/mol. The van der Waals surface area contributed by atoms with Crippen LogP contribution < -0.4 is 11.3 Å². The molecule has 0 bridgehead atoms. The Bertz CT molecular complexity index is 602. The van der Waals surface area contributed by atoms with Crippen molar-refractivity contribution in [2.45, 2.75) is 45.1 Å². The third-order valence-electron chi connectivity index (χ3n) is 4.19. The van der Waals surface area contributed by atoms with Gasteiger partial charge in [-0.3, -0.25) is 5.84 Å². The number of nitrogens with one attached hydrogen (secondary N) is 1. The van der Waals surface area contributed by atoms with Crippen LogP contribution in [0.1, 0.15) is 57.9 Å². The van der Waals surface area contributed by atoms with Gasteiger partial charge in [-0.2, -0.15) is 0 Å². The Kier molecular flexibility index (Phi) is 3.87. The van der Waals surface area contributed by atoms with Crippen LogP contribution >= 0.6 is 11.3 Å². The molecular weight excluding hydrogens is 266 g/mol. The Morgan fingerprint density at radius 3 is 2.70 bits per heavy atom. The van der Waals surface area contributed by atoms with Crippen molar-refractivity contribution in [3.05, 3.63) is 51.0 Å². The van der Waals surface area contributed by atoms with E-state index in [0.29, 0.717) is 0 Å². The fraction of sp³-hybridized carbons (Fsp3) is 0.438. The smallest absolute Gasteiger partial charge is 0.0900 e. The Hall–Kier alpha value is -1.23. The quantitative estimate of drug-likeness (QED) is 0.667. The first-order valence-electron chi connectivity index (χ1n) is 7.19. The van der Waals surface area contributed by atoms with Gasteiger partial charge < -0.3 is 0 Å². The normalized spacial score (nSPS) is 16.9. The van der Waals surface area contributed by atoms with Crippen LogP contribution in [0.25, 0.3) is 0 Å². The van der Waals surface area contributed by atoms with Gasteiger partial charge in [0.05, 0.1) is 21.6 Å². The van der Waals surface area contributed by atoms with E-state index in [1.807, 2.05) is 6.92 Å². The van der Waals surface area contributed by atoms with Crippen LogP contribution in [-0.2, 0) is 0 Å². The molecule has 3 N–H and O–H groups in total. The summed E-state index contributed by atoms with van der Waals surface area (Å²) in [5.74, 6) is 6.56. The summed E-state index contributed by atoms with van der Waals surface area (Å²) in [6, 6.07) is 8.90. The van der Waals surface area contributed by atoms with Crippen molar-refractivity contribution in [2.24, 2.45) is 5.84 Å². The van der Waals surface area contributed by atoms with Crippen LogP contribution in [-0.4, -0.2) is 4.98 Å². The first kappa shape index (κ1) is 13.7. The fourth-order valence-corrected chi connectivity index (χ4v) is 3.89. The predicted octanol–water partition coefficient (Wildman–Crippen LogP) is 3.58. The predicted molar refractivity (Wildman–Crippen MR) is 83.8 cm³/mol. The summed E-state index contributed by atoms with van der Waals surface area (Å²) < 4.78 is 0. The lowest BCUT2D eigenvalue weighted by Crippen LogP contribution is -2.29. The van der Waals surface area contributed by atoms with Gasteiger partial charge in [0.15, 0.2) is 0 Å². The zero-order valence-corrected chi connectivity index (χ0v) is 12.8. The number of hydrazine groups is 1. The number of aromatic nitrogens is 1. The molecule has 0 amide bonds. The van der Waals surface area contributed by atoms with Gasteiger partial charge in [0.2, 0.25) is 0 Å². The Morgan fingerprint density at radius 1 is 1.35 bits per heavy atom. The van der Waals surface area contributed by atoms with Gasteiger partial charge in [-0.1, -0.05) is 30.7 Å². The molecule has 1 fully saturated rings. The molecule has 0 saturated heterocycles. The topological polar surface area (TPSA) is 50.9 Å². The molecule has 1 unspecified atom stereocenters. The molecule has 20 heavy (non-hydrogen) atoms. The first-order chi connectivity index (χ1) is 9.69. The molecule has 106 valence electrons. The molecule has 0 aliphatic heterocycles. The lowest BCUT2D eigenvalue weighted by molar-refractivity contribution is 0.419. The van der Waals surface area contributed by atoms with Gasteiger partial charge >= 0.3 is 0 Å². The Morgan fingerprint density at radius 2 is 2.15 bits per heavy atom. The fourth-order valence-electron chi connectivity index (χ4n) is 2.87. The SMILES string of the molecule is Cc1nc(C)c(C(NN)c2cccc(C3CCC3)c2)s1. The van der Waals surface area contributed by atoms with Gasteiger partial charge in [0, 0.05) is 0 Å². The number of nitrogens with zero attached hydrogens (tertiary/aromatic N) is 1. The number of thiazole rings is 1. The summed E-state index contributed by atoms with van der Waals surface area (Å²) in [6.07, 6.45) is 4.01. The first-order valence-corrected chi connectivity index (χ1v) is 8.00. The van der Waals surface area contributed by atoms with Crippen molar-refractivity contribution in [1.82, 2.24) is 10.4 Å². The summed E-state index contributed by atoms with van der Waals surface area (Å²) in [5.41, 5.74) is 6.73. The van der Waals surface area contributed by atoms with Crippen molar-refractivity contribution in [3.8, 4) is 0 Å². The highest BCUT2D eigenvalue weighted by Crippen LogP contribution is 2.38. The number of nitrogens with two attached hydrogens (primary N) is 1. The second kappa shape index (κ2) is 5.64. The van der Waals surface area contributed by atoms with Gasteiger partial charge in [0.25, 0.3) is 0 Å². The molecule has 0 radical (unpaired) electrons. The molecule has 4 heteroatoms. The summed E-state index contributed by atoms with van der Waals surface area (Å²) in [5, 5.41) is 1.09. The van der Waals surface area contributed by atoms with E-state index in [0.717, 1.165) is 16.6 Å². The second-order valence-corrected chi connectivity index (χ2v) is 6.81. The average molecular weight is 287 g/mol. The van der Waals surface area contributed by atoms with E-state index in [2.05, 4.69) is 41.6 Å². The van der Waals surface area contributed by atoms with Gasteiger partial charge in [0.1, 0.15) is 0 Å². The highest BCUT2D eigenvalue weighted by atomic mass is 32.1. The molecule has 0 spiro atoms. The molecule has 3 rings (SSSR count). The lowest BCUT2D eigenvalue weighted by Gasteiger charge is -2.27. The average Bonchev–Trinajstić information content (AvgIpc) is 2.68. The van der Waals surface area contributed by atoms with Gasteiger partial charge in [-0.05, 0) is 43.7 Å². The van der Waals surface area contributed by atoms with Crippen LogP contribution in [0, 0.1) is 13.8 Å². The minimum absolute atomic E-state index is 0.0428.